The molecule has 0 saturated carbocycles. The third-order valence-corrected chi connectivity index (χ3v) is 3.98. The fourth-order valence-electron chi connectivity index (χ4n) is 1.52. The summed E-state index contributed by atoms with van der Waals surface area (Å²) < 4.78 is 25.2. The molecule has 3 N–H and O–H groups in total. The SMILES string of the molecule is CNS(=O)(=O)c1ccc(C(=O)NC(C)CC(=O)O)cc1. The topological polar surface area (TPSA) is 113 Å². The number of carbonyl (C=O) groups is 2. The fourth-order valence-corrected chi connectivity index (χ4v) is 2.25. The molecule has 0 spiro atoms. The Morgan fingerprint density at radius 1 is 1.25 bits per heavy atom. The molecule has 0 aliphatic heterocycles. The predicted molar refractivity (Wildman–Crippen MR) is 71.9 cm³/mol. The highest BCUT2D eigenvalue weighted by atomic mass is 32.2. The molecule has 1 aromatic rings. The van der Waals surface area contributed by atoms with Gasteiger partial charge in [0.25, 0.3) is 5.91 Å². The predicted octanol–water partition coefficient (Wildman–Crippen LogP) is 0.188. The van der Waals surface area contributed by atoms with Crippen molar-refractivity contribution in [2.45, 2.75) is 24.3 Å². The average molecular weight is 300 g/mol. The van der Waals surface area contributed by atoms with Crippen LogP contribution < -0.4 is 10.0 Å². The van der Waals surface area contributed by atoms with Crippen LogP contribution in [0.3, 0.4) is 0 Å². The molecular formula is C12H16N2O5S. The highest BCUT2D eigenvalue weighted by molar-refractivity contribution is 7.89. The molecule has 1 unspecified atom stereocenters. The molecule has 20 heavy (non-hydrogen) atoms. The van der Waals surface area contributed by atoms with Crippen molar-refractivity contribution >= 4 is 21.9 Å². The second kappa shape index (κ2) is 6.49. The quantitative estimate of drug-likeness (QED) is 0.694. The van der Waals surface area contributed by atoms with Crippen LogP contribution in [0.25, 0.3) is 0 Å². The third kappa shape index (κ3) is 4.32. The minimum absolute atomic E-state index is 0.0511. The van der Waals surface area contributed by atoms with E-state index >= 15 is 0 Å². The highest BCUT2D eigenvalue weighted by Crippen LogP contribution is 2.10. The zero-order valence-corrected chi connectivity index (χ0v) is 11.9. The number of rotatable bonds is 6. The van der Waals surface area contributed by atoms with Crippen LogP contribution in [0.15, 0.2) is 29.2 Å². The summed E-state index contributed by atoms with van der Waals surface area (Å²) in [5.41, 5.74) is 0.261. The van der Waals surface area contributed by atoms with E-state index in [2.05, 4.69) is 10.0 Å². The first-order valence-corrected chi connectivity index (χ1v) is 7.31. The lowest BCUT2D eigenvalue weighted by Crippen LogP contribution is -2.34. The second-order valence-corrected chi connectivity index (χ2v) is 6.09. The van der Waals surface area contributed by atoms with Crippen LogP contribution in [-0.2, 0) is 14.8 Å². The molecule has 0 fully saturated rings. The van der Waals surface area contributed by atoms with E-state index in [9.17, 15) is 18.0 Å². The number of carboxylic acid groups (broad SMARTS) is 1. The molecule has 0 aromatic heterocycles. The monoisotopic (exact) mass is 300 g/mol. The zero-order chi connectivity index (χ0) is 15.3. The minimum atomic E-state index is -3.54. The first-order valence-electron chi connectivity index (χ1n) is 5.82. The lowest BCUT2D eigenvalue weighted by molar-refractivity contribution is -0.137. The Morgan fingerprint density at radius 2 is 1.80 bits per heavy atom. The average Bonchev–Trinajstić information content (AvgIpc) is 2.37. The Balaban J connectivity index is 2.79. The number of amides is 1. The van der Waals surface area contributed by atoms with E-state index in [1.807, 2.05) is 0 Å². The van der Waals surface area contributed by atoms with Crippen molar-refractivity contribution in [1.82, 2.24) is 10.0 Å². The molecule has 110 valence electrons. The molecule has 0 heterocycles. The van der Waals surface area contributed by atoms with E-state index in [1.165, 1.54) is 31.3 Å². The van der Waals surface area contributed by atoms with Crippen LogP contribution in [0.5, 0.6) is 0 Å². The maximum absolute atomic E-state index is 11.8. The van der Waals surface area contributed by atoms with E-state index in [0.717, 1.165) is 0 Å². The molecular weight excluding hydrogens is 284 g/mol. The lowest BCUT2D eigenvalue weighted by Gasteiger charge is -2.11. The van der Waals surface area contributed by atoms with Crippen molar-refractivity contribution < 1.29 is 23.1 Å². The largest absolute Gasteiger partial charge is 0.481 e. The Kier molecular flexibility index (Phi) is 5.23. The van der Waals surface area contributed by atoms with Gasteiger partial charge < -0.3 is 10.4 Å². The van der Waals surface area contributed by atoms with Gasteiger partial charge in [-0.15, -0.1) is 0 Å². The number of benzene rings is 1. The van der Waals surface area contributed by atoms with Crippen molar-refractivity contribution in [3.05, 3.63) is 29.8 Å². The van der Waals surface area contributed by atoms with E-state index in [0.29, 0.717) is 0 Å². The Hall–Kier alpha value is -1.93. The van der Waals surface area contributed by atoms with E-state index < -0.39 is 27.9 Å². The summed E-state index contributed by atoms with van der Waals surface area (Å²) in [6.07, 6.45) is -0.183. The second-order valence-electron chi connectivity index (χ2n) is 4.20. The Bertz CT molecular complexity index is 595. The number of aliphatic carboxylic acids is 1. The van der Waals surface area contributed by atoms with Gasteiger partial charge in [0, 0.05) is 11.6 Å². The number of carbonyl (C=O) groups excluding carboxylic acids is 1. The van der Waals surface area contributed by atoms with Gasteiger partial charge in [-0.25, -0.2) is 13.1 Å². The van der Waals surface area contributed by atoms with E-state index in [1.54, 1.807) is 6.92 Å². The molecule has 0 bridgehead atoms. The summed E-state index contributed by atoms with van der Waals surface area (Å²) in [5.74, 6) is -1.46. The molecule has 1 atom stereocenters. The van der Waals surface area contributed by atoms with Gasteiger partial charge in [0.1, 0.15) is 0 Å². The van der Waals surface area contributed by atoms with E-state index in [-0.39, 0.29) is 16.9 Å². The normalized spacial score (nSPS) is 12.7. The van der Waals surface area contributed by atoms with Crippen molar-refractivity contribution in [2.75, 3.05) is 7.05 Å². The van der Waals surface area contributed by atoms with Crippen LogP contribution >= 0.6 is 0 Å². The third-order valence-electron chi connectivity index (χ3n) is 2.55. The van der Waals surface area contributed by atoms with Gasteiger partial charge in [-0.2, -0.15) is 0 Å². The Labute approximate surface area is 117 Å². The molecule has 0 saturated heterocycles. The first kappa shape index (κ1) is 16.1. The van der Waals surface area contributed by atoms with Crippen molar-refractivity contribution in [1.29, 1.82) is 0 Å². The summed E-state index contributed by atoms with van der Waals surface area (Å²) in [5, 5.41) is 11.1. The number of hydrogen-bond donors (Lipinski definition) is 3. The smallest absolute Gasteiger partial charge is 0.305 e. The molecule has 0 aliphatic rings. The zero-order valence-electron chi connectivity index (χ0n) is 11.1. The van der Waals surface area contributed by atoms with Crippen molar-refractivity contribution in [3.63, 3.8) is 0 Å². The first-order chi connectivity index (χ1) is 9.26. The molecule has 0 aliphatic carbocycles. The standard InChI is InChI=1S/C12H16N2O5S/c1-8(7-11(15)16)14-12(17)9-3-5-10(6-4-9)20(18,19)13-2/h3-6,8,13H,7H2,1-2H3,(H,14,17)(H,15,16). The molecule has 1 rings (SSSR count). The van der Waals surface area contributed by atoms with Crippen molar-refractivity contribution in [2.24, 2.45) is 0 Å². The Morgan fingerprint density at radius 3 is 2.25 bits per heavy atom. The maximum atomic E-state index is 11.8. The summed E-state index contributed by atoms with van der Waals surface area (Å²) in [6, 6.07) is 4.84. The number of nitrogens with one attached hydrogen (secondary N) is 2. The molecule has 1 amide bonds. The van der Waals surface area contributed by atoms with Crippen LogP contribution in [-0.4, -0.2) is 38.5 Å². The van der Waals surface area contributed by atoms with Gasteiger partial charge in [0.15, 0.2) is 0 Å². The van der Waals surface area contributed by atoms with Crippen molar-refractivity contribution in [3.8, 4) is 0 Å². The van der Waals surface area contributed by atoms with Gasteiger partial charge in [-0.05, 0) is 38.2 Å². The summed E-state index contributed by atoms with van der Waals surface area (Å²) in [4.78, 5) is 22.3. The van der Waals surface area contributed by atoms with Gasteiger partial charge >= 0.3 is 5.97 Å². The summed E-state index contributed by atoms with van der Waals surface area (Å²) >= 11 is 0. The molecule has 7 nitrogen and oxygen atoms in total. The van der Waals surface area contributed by atoms with Crippen LogP contribution in [0.4, 0.5) is 0 Å². The molecule has 8 heteroatoms. The van der Waals surface area contributed by atoms with Gasteiger partial charge in [-0.1, -0.05) is 0 Å². The summed E-state index contributed by atoms with van der Waals surface area (Å²) in [7, 11) is -2.24. The lowest BCUT2D eigenvalue weighted by atomic mass is 10.2. The minimum Gasteiger partial charge on any atom is -0.481 e. The molecule has 0 radical (unpaired) electrons. The van der Waals surface area contributed by atoms with Crippen LogP contribution in [0.2, 0.25) is 0 Å². The van der Waals surface area contributed by atoms with E-state index in [4.69, 9.17) is 5.11 Å². The van der Waals surface area contributed by atoms with Gasteiger partial charge in [-0.3, -0.25) is 9.59 Å². The highest BCUT2D eigenvalue weighted by Gasteiger charge is 2.15. The number of sulfonamides is 1. The maximum Gasteiger partial charge on any atom is 0.305 e. The van der Waals surface area contributed by atoms with Crippen LogP contribution in [0, 0.1) is 0 Å². The van der Waals surface area contributed by atoms with Gasteiger partial charge in [0.2, 0.25) is 10.0 Å². The summed E-state index contributed by atoms with van der Waals surface area (Å²) in [6.45, 7) is 1.58. The van der Waals surface area contributed by atoms with Gasteiger partial charge in [0.05, 0.1) is 11.3 Å². The van der Waals surface area contributed by atoms with Crippen LogP contribution in [0.1, 0.15) is 23.7 Å². The molecule has 1 aromatic carbocycles. The number of hydrogen-bond acceptors (Lipinski definition) is 4. The number of carboxylic acids is 1. The fraction of sp³-hybridized carbons (Fsp3) is 0.333.